The van der Waals surface area contributed by atoms with E-state index in [4.69, 9.17) is 9.76 Å². The monoisotopic (exact) mass is 298 g/mol. The predicted octanol–water partition coefficient (Wildman–Crippen LogP) is -0.323. The van der Waals surface area contributed by atoms with Crippen LogP contribution in [-0.2, 0) is 14.2 Å². The summed E-state index contributed by atoms with van der Waals surface area (Å²) in [7, 11) is -1.13. The number of carboxylic acids is 1. The van der Waals surface area contributed by atoms with Gasteiger partial charge in [0.1, 0.15) is 0 Å². The van der Waals surface area contributed by atoms with E-state index in [1.807, 2.05) is 0 Å². The van der Waals surface area contributed by atoms with Gasteiger partial charge < -0.3 is 25.4 Å². The molecule has 21 heavy (non-hydrogen) atoms. The maximum Gasteiger partial charge on any atom is 0.478 e. The van der Waals surface area contributed by atoms with Crippen LogP contribution in [0.1, 0.15) is 44.9 Å². The number of nitrogens with one attached hydrogen (secondary N) is 2. The van der Waals surface area contributed by atoms with Crippen LogP contribution < -0.4 is 10.6 Å². The summed E-state index contributed by atoms with van der Waals surface area (Å²) in [6.07, 6.45) is 4.14. The number of rotatable bonds is 5. The Bertz CT molecular complexity index is 376. The van der Waals surface area contributed by atoms with E-state index < -0.39 is 25.1 Å². The van der Waals surface area contributed by atoms with Crippen molar-refractivity contribution in [2.45, 2.75) is 63.0 Å². The maximum atomic E-state index is 12.0. The lowest BCUT2D eigenvalue weighted by atomic mass is 9.72. The van der Waals surface area contributed by atoms with E-state index in [0.717, 1.165) is 25.8 Å². The van der Waals surface area contributed by atoms with Crippen LogP contribution in [0.15, 0.2) is 0 Å². The fourth-order valence-corrected chi connectivity index (χ4v) is 2.94. The second kappa shape index (κ2) is 7.77. The van der Waals surface area contributed by atoms with E-state index in [2.05, 4.69) is 10.6 Å². The zero-order chi connectivity index (χ0) is 15.2. The molecule has 0 aromatic rings. The first kappa shape index (κ1) is 16.3. The van der Waals surface area contributed by atoms with Gasteiger partial charge in [-0.1, -0.05) is 6.42 Å². The zero-order valence-electron chi connectivity index (χ0n) is 12.1. The number of hydrogen-bond acceptors (Lipinski definition) is 5. The molecular weight excluding hydrogens is 275 g/mol. The lowest BCUT2D eigenvalue weighted by Gasteiger charge is -2.31. The molecule has 2 saturated heterocycles. The molecule has 2 aliphatic rings. The van der Waals surface area contributed by atoms with Crippen molar-refractivity contribution in [1.82, 2.24) is 10.6 Å². The minimum absolute atomic E-state index is 0.0984. The molecule has 0 saturated carbocycles. The van der Waals surface area contributed by atoms with Gasteiger partial charge in [0.15, 0.2) is 0 Å². The lowest BCUT2D eigenvalue weighted by Crippen LogP contribution is -2.53. The van der Waals surface area contributed by atoms with Crippen LogP contribution in [0.2, 0.25) is 0 Å². The van der Waals surface area contributed by atoms with Gasteiger partial charge in [0.2, 0.25) is 5.91 Å². The second-order valence-electron chi connectivity index (χ2n) is 5.85. The lowest BCUT2D eigenvalue weighted by molar-refractivity contribution is -0.139. The van der Waals surface area contributed by atoms with E-state index in [1.165, 1.54) is 0 Å². The highest BCUT2D eigenvalue weighted by Crippen LogP contribution is 2.19. The van der Waals surface area contributed by atoms with Crippen molar-refractivity contribution in [2.24, 2.45) is 0 Å². The SMILES string of the molecule is O=C(O)C[C@@H]1CC[C@H](NC(=O)CC2CCCCN2)B(O)O1. The average molecular weight is 298 g/mol. The number of carbonyl (C=O) groups is 2. The molecule has 0 radical (unpaired) electrons. The van der Waals surface area contributed by atoms with E-state index in [1.54, 1.807) is 0 Å². The van der Waals surface area contributed by atoms with Gasteiger partial charge in [-0.25, -0.2) is 0 Å². The Kier molecular flexibility index (Phi) is 6.01. The summed E-state index contributed by atoms with van der Waals surface area (Å²) >= 11 is 0. The highest BCUT2D eigenvalue weighted by atomic mass is 16.5. The van der Waals surface area contributed by atoms with E-state index in [9.17, 15) is 14.6 Å². The van der Waals surface area contributed by atoms with E-state index >= 15 is 0 Å². The molecule has 0 aliphatic carbocycles. The average Bonchev–Trinajstić information content (AvgIpc) is 2.42. The molecule has 118 valence electrons. The summed E-state index contributed by atoms with van der Waals surface area (Å²) < 4.78 is 5.24. The molecule has 3 atom stereocenters. The molecule has 7 nitrogen and oxygen atoms in total. The van der Waals surface area contributed by atoms with Crippen LogP contribution >= 0.6 is 0 Å². The minimum atomic E-state index is -1.13. The second-order valence-corrected chi connectivity index (χ2v) is 5.85. The van der Waals surface area contributed by atoms with Gasteiger partial charge in [0.05, 0.1) is 18.5 Å². The van der Waals surface area contributed by atoms with Crippen molar-refractivity contribution in [1.29, 1.82) is 0 Å². The highest BCUT2D eigenvalue weighted by Gasteiger charge is 2.36. The number of piperidine rings is 1. The standard InChI is InChI=1S/C13H23BN2O5/c17-12(7-9-3-1-2-6-15-9)16-11-5-4-10(8-13(18)19)21-14(11)20/h9-11,15,20H,1-8H2,(H,16,17)(H,18,19)/t9?,10-,11-/m0/s1. The van der Waals surface area contributed by atoms with E-state index in [-0.39, 0.29) is 18.4 Å². The van der Waals surface area contributed by atoms with Gasteiger partial charge in [-0.15, -0.1) is 0 Å². The summed E-state index contributed by atoms with van der Waals surface area (Å²) in [5.74, 6) is -1.50. The molecule has 0 aromatic carbocycles. The Morgan fingerprint density at radius 1 is 1.24 bits per heavy atom. The van der Waals surface area contributed by atoms with Crippen LogP contribution in [0.5, 0.6) is 0 Å². The summed E-state index contributed by atoms with van der Waals surface area (Å²) in [6.45, 7) is 0.948. The van der Waals surface area contributed by atoms with Crippen LogP contribution in [0, 0.1) is 0 Å². The molecule has 1 amide bonds. The largest absolute Gasteiger partial charge is 0.481 e. The van der Waals surface area contributed by atoms with Gasteiger partial charge in [0, 0.05) is 12.5 Å². The van der Waals surface area contributed by atoms with E-state index in [0.29, 0.717) is 19.3 Å². The fraction of sp³-hybridized carbons (Fsp3) is 0.846. The van der Waals surface area contributed by atoms with Gasteiger partial charge >= 0.3 is 13.1 Å². The third-order valence-electron chi connectivity index (χ3n) is 4.07. The topological polar surface area (TPSA) is 108 Å². The van der Waals surface area contributed by atoms with Crippen molar-refractivity contribution in [3.8, 4) is 0 Å². The smallest absolute Gasteiger partial charge is 0.478 e. The summed E-state index contributed by atoms with van der Waals surface area (Å²) in [5, 5.41) is 24.7. The molecule has 4 N–H and O–H groups in total. The molecule has 2 aliphatic heterocycles. The van der Waals surface area contributed by atoms with Crippen molar-refractivity contribution in [3.63, 3.8) is 0 Å². The van der Waals surface area contributed by atoms with Gasteiger partial charge in [-0.05, 0) is 32.2 Å². The van der Waals surface area contributed by atoms with Crippen molar-refractivity contribution in [3.05, 3.63) is 0 Å². The first-order valence-corrected chi connectivity index (χ1v) is 7.62. The first-order chi connectivity index (χ1) is 10.0. The number of carbonyl (C=O) groups excluding carboxylic acids is 1. The molecular formula is C13H23BN2O5. The summed E-state index contributed by atoms with van der Waals surface area (Å²) in [5.41, 5.74) is 0. The van der Waals surface area contributed by atoms with Gasteiger partial charge in [-0.2, -0.15) is 0 Å². The highest BCUT2D eigenvalue weighted by molar-refractivity contribution is 6.45. The fourth-order valence-electron chi connectivity index (χ4n) is 2.94. The Morgan fingerprint density at radius 2 is 2.05 bits per heavy atom. The van der Waals surface area contributed by atoms with Crippen LogP contribution in [0.25, 0.3) is 0 Å². The number of aliphatic carboxylic acids is 1. The Morgan fingerprint density at radius 3 is 2.67 bits per heavy atom. The van der Waals surface area contributed by atoms with Crippen molar-refractivity contribution in [2.75, 3.05) is 6.54 Å². The quantitative estimate of drug-likeness (QED) is 0.518. The summed E-state index contributed by atoms with van der Waals surface area (Å²) in [6, 6.07) is 0.208. The van der Waals surface area contributed by atoms with Crippen LogP contribution in [-0.4, -0.2) is 53.8 Å². The molecule has 2 fully saturated rings. The third kappa shape index (κ3) is 5.30. The Labute approximate surface area is 124 Å². The predicted molar refractivity (Wildman–Crippen MR) is 76.5 cm³/mol. The molecule has 0 aromatic heterocycles. The van der Waals surface area contributed by atoms with Crippen molar-refractivity contribution < 1.29 is 24.4 Å². The number of carboxylic acid groups (broad SMARTS) is 1. The zero-order valence-corrected chi connectivity index (χ0v) is 12.1. The van der Waals surface area contributed by atoms with Crippen LogP contribution in [0.3, 0.4) is 0 Å². The normalized spacial score (nSPS) is 30.0. The van der Waals surface area contributed by atoms with Gasteiger partial charge in [-0.3, -0.25) is 9.59 Å². The summed E-state index contributed by atoms with van der Waals surface area (Å²) in [4.78, 5) is 22.6. The minimum Gasteiger partial charge on any atom is -0.481 e. The maximum absolute atomic E-state index is 12.0. The van der Waals surface area contributed by atoms with Gasteiger partial charge in [0.25, 0.3) is 0 Å². The van der Waals surface area contributed by atoms with Crippen molar-refractivity contribution >= 4 is 19.0 Å². The molecule has 0 spiro atoms. The molecule has 0 bridgehead atoms. The molecule has 2 heterocycles. The Hall–Kier alpha value is -1.12. The molecule has 1 unspecified atom stereocenters. The molecule has 2 rings (SSSR count). The van der Waals surface area contributed by atoms with Crippen LogP contribution in [0.4, 0.5) is 0 Å². The number of hydrogen-bond donors (Lipinski definition) is 4. The molecule has 8 heteroatoms. The number of amides is 1. The Balaban J connectivity index is 1.72. The third-order valence-corrected chi connectivity index (χ3v) is 4.07. The first-order valence-electron chi connectivity index (χ1n) is 7.62.